The molecule has 3 heteroatoms. The van der Waals surface area contributed by atoms with Gasteiger partial charge in [-0.1, -0.05) is 0 Å². The molecule has 106 valence electrons. The van der Waals surface area contributed by atoms with E-state index in [4.69, 9.17) is 4.74 Å². The monoisotopic (exact) mass is 328 g/mol. The summed E-state index contributed by atoms with van der Waals surface area (Å²) >= 11 is 0.450. The first-order chi connectivity index (χ1) is 8.95. The summed E-state index contributed by atoms with van der Waals surface area (Å²) in [5, 5.41) is 9.18. The molecule has 0 saturated carbocycles. The van der Waals surface area contributed by atoms with Crippen molar-refractivity contribution in [1.29, 1.82) is 0 Å². The Hall–Kier alpha value is -0.341. The Kier molecular flexibility index (Phi) is 4.73. The van der Waals surface area contributed by atoms with Crippen LogP contribution >= 0.6 is 0 Å². The quantitative estimate of drug-likeness (QED) is 0.861. The van der Waals surface area contributed by atoms with Crippen molar-refractivity contribution in [2.24, 2.45) is 0 Å². The average molecular weight is 327 g/mol. The number of hydrogen-bond acceptors (Lipinski definition) is 2. The second-order valence-electron chi connectivity index (χ2n) is 6.09. The van der Waals surface area contributed by atoms with E-state index in [1.807, 2.05) is 0 Å². The van der Waals surface area contributed by atoms with E-state index in [0.717, 1.165) is 12.8 Å². The maximum atomic E-state index is 9.18. The van der Waals surface area contributed by atoms with E-state index in [0.29, 0.717) is 19.8 Å². The van der Waals surface area contributed by atoms with E-state index < -0.39 is 0 Å². The van der Waals surface area contributed by atoms with Gasteiger partial charge in [0.05, 0.1) is 0 Å². The first-order valence-corrected chi connectivity index (χ1v) is 8.82. The van der Waals surface area contributed by atoms with Crippen molar-refractivity contribution >= 4 is 19.4 Å². The van der Waals surface area contributed by atoms with Gasteiger partial charge in [0.1, 0.15) is 0 Å². The first-order valence-electron chi connectivity index (χ1n) is 6.98. The predicted octanol–water partition coefficient (Wildman–Crippen LogP) is 2.53. The van der Waals surface area contributed by atoms with Gasteiger partial charge in [0.15, 0.2) is 0 Å². The number of ether oxygens (including phenoxy) is 1. The van der Waals surface area contributed by atoms with Crippen molar-refractivity contribution < 1.29 is 9.84 Å². The second-order valence-corrected chi connectivity index (χ2v) is 8.76. The molecule has 0 amide bonds. The molecule has 1 heterocycles. The minimum atomic E-state index is -0.151. The molecule has 1 saturated heterocycles. The van der Waals surface area contributed by atoms with E-state index in [1.54, 1.807) is 0 Å². The van der Waals surface area contributed by atoms with Gasteiger partial charge in [-0.25, -0.2) is 0 Å². The van der Waals surface area contributed by atoms with Crippen LogP contribution in [0.5, 0.6) is 0 Å². The molecule has 0 spiro atoms. The van der Waals surface area contributed by atoms with Gasteiger partial charge >= 0.3 is 122 Å². The van der Waals surface area contributed by atoms with Gasteiger partial charge in [-0.05, 0) is 0 Å². The number of benzene rings is 1. The van der Waals surface area contributed by atoms with Crippen molar-refractivity contribution in [1.82, 2.24) is 0 Å². The van der Waals surface area contributed by atoms with Crippen LogP contribution in [0.1, 0.15) is 40.0 Å². The van der Waals surface area contributed by atoms with Crippen molar-refractivity contribution in [3.8, 4) is 0 Å². The topological polar surface area (TPSA) is 29.5 Å². The zero-order valence-electron chi connectivity index (χ0n) is 12.1. The SMILES string of the molecule is CC1(C)O[C@@](C)(CCO)CC[C@H]1[Se]c1ccccc1. The van der Waals surface area contributed by atoms with Crippen LogP contribution in [-0.2, 0) is 4.74 Å². The summed E-state index contributed by atoms with van der Waals surface area (Å²) in [7, 11) is 0. The molecular weight excluding hydrogens is 303 g/mol. The van der Waals surface area contributed by atoms with Crippen molar-refractivity contribution in [2.75, 3.05) is 6.61 Å². The van der Waals surface area contributed by atoms with Crippen LogP contribution in [-0.4, -0.2) is 37.9 Å². The van der Waals surface area contributed by atoms with Crippen LogP contribution in [0.2, 0.25) is 4.82 Å². The first kappa shape index (κ1) is 15.1. The van der Waals surface area contributed by atoms with Crippen LogP contribution < -0.4 is 4.46 Å². The molecule has 1 aliphatic heterocycles. The molecule has 1 aromatic carbocycles. The van der Waals surface area contributed by atoms with E-state index in [9.17, 15) is 5.11 Å². The molecule has 0 unspecified atom stereocenters. The molecule has 0 aromatic heterocycles. The van der Waals surface area contributed by atoms with Gasteiger partial charge < -0.3 is 0 Å². The zero-order valence-corrected chi connectivity index (χ0v) is 13.8. The summed E-state index contributed by atoms with van der Waals surface area (Å²) in [6.45, 7) is 6.76. The Labute approximate surface area is 122 Å². The Morgan fingerprint density at radius 3 is 2.53 bits per heavy atom. The maximum absolute atomic E-state index is 9.18. The predicted molar refractivity (Wildman–Crippen MR) is 80.1 cm³/mol. The van der Waals surface area contributed by atoms with Crippen molar-refractivity contribution in [2.45, 2.75) is 56.1 Å². The van der Waals surface area contributed by atoms with Crippen molar-refractivity contribution in [3.05, 3.63) is 30.3 Å². The minimum absolute atomic E-state index is 0.0992. The summed E-state index contributed by atoms with van der Waals surface area (Å²) in [6.07, 6.45) is 2.98. The number of aliphatic hydroxyl groups excluding tert-OH is 1. The van der Waals surface area contributed by atoms with Crippen LogP contribution in [0.25, 0.3) is 0 Å². The Morgan fingerprint density at radius 2 is 1.95 bits per heavy atom. The molecule has 2 nitrogen and oxygen atoms in total. The molecule has 0 radical (unpaired) electrons. The fraction of sp³-hybridized carbons (Fsp3) is 0.625. The van der Waals surface area contributed by atoms with Crippen LogP contribution in [0.3, 0.4) is 0 Å². The fourth-order valence-corrected chi connectivity index (χ4v) is 5.35. The van der Waals surface area contributed by atoms with E-state index in [2.05, 4.69) is 51.1 Å². The zero-order chi connectivity index (χ0) is 13.9. The Morgan fingerprint density at radius 1 is 1.26 bits per heavy atom. The van der Waals surface area contributed by atoms with Crippen LogP contribution in [0.4, 0.5) is 0 Å². The third-order valence-corrected chi connectivity index (χ3v) is 7.31. The Balaban J connectivity index is 2.04. The summed E-state index contributed by atoms with van der Waals surface area (Å²) < 4.78 is 7.79. The van der Waals surface area contributed by atoms with Gasteiger partial charge in [-0.15, -0.1) is 0 Å². The normalized spacial score (nSPS) is 30.2. The molecule has 1 aromatic rings. The molecule has 0 aliphatic carbocycles. The molecule has 2 rings (SSSR count). The fourth-order valence-electron chi connectivity index (χ4n) is 2.81. The summed E-state index contributed by atoms with van der Waals surface area (Å²) in [5.74, 6) is 0. The standard InChI is InChI=1S/C16H24O2Se/c1-15(2)14(19-13-7-5-4-6-8-13)9-10-16(3,18-15)11-12-17/h4-8,14,17H,9-12H2,1-3H3/t14-,16-/m1/s1. The third-order valence-electron chi connectivity index (χ3n) is 3.88. The summed E-state index contributed by atoms with van der Waals surface area (Å²) in [5.41, 5.74) is -0.250. The molecule has 1 fully saturated rings. The van der Waals surface area contributed by atoms with Gasteiger partial charge in [0.25, 0.3) is 0 Å². The number of hydrogen-bond donors (Lipinski definition) is 1. The average Bonchev–Trinajstić information content (AvgIpc) is 2.34. The van der Waals surface area contributed by atoms with Crippen LogP contribution in [0.15, 0.2) is 30.3 Å². The van der Waals surface area contributed by atoms with Crippen LogP contribution in [0, 0.1) is 0 Å². The summed E-state index contributed by atoms with van der Waals surface area (Å²) in [4.78, 5) is 0.606. The Bertz CT molecular complexity index is 404. The van der Waals surface area contributed by atoms with Gasteiger partial charge in [-0.3, -0.25) is 0 Å². The van der Waals surface area contributed by atoms with E-state index >= 15 is 0 Å². The van der Waals surface area contributed by atoms with Gasteiger partial charge in [0.2, 0.25) is 0 Å². The van der Waals surface area contributed by atoms with Gasteiger partial charge in [0, 0.05) is 0 Å². The number of rotatable bonds is 4. The molecule has 1 aliphatic rings. The van der Waals surface area contributed by atoms with Gasteiger partial charge in [-0.2, -0.15) is 0 Å². The molecule has 0 bridgehead atoms. The van der Waals surface area contributed by atoms with Crippen molar-refractivity contribution in [3.63, 3.8) is 0 Å². The molecular formula is C16H24O2Se. The molecule has 2 atom stereocenters. The van der Waals surface area contributed by atoms with E-state index in [1.165, 1.54) is 10.9 Å². The number of aliphatic hydroxyl groups is 1. The summed E-state index contributed by atoms with van der Waals surface area (Å²) in [6, 6.07) is 10.7. The third kappa shape index (κ3) is 3.82. The molecule has 1 N–H and O–H groups in total. The van der Waals surface area contributed by atoms with E-state index in [-0.39, 0.29) is 17.8 Å². The second kappa shape index (κ2) is 5.97. The molecule has 19 heavy (non-hydrogen) atoms.